The van der Waals surface area contributed by atoms with Crippen LogP contribution in [0.4, 0.5) is 4.39 Å². The first-order chi connectivity index (χ1) is 16.5. The number of benzene rings is 3. The summed E-state index contributed by atoms with van der Waals surface area (Å²) < 4.78 is 49.5. The SMILES string of the molecule is O=S(=O)(c1ccccc1F)N1CCC(Cn2c(COc3ccccc3)nc3ccccc32)CC1. The number of para-hydroxylation sites is 3. The highest BCUT2D eigenvalue weighted by Crippen LogP contribution is 2.28. The third-order valence-corrected chi connectivity index (χ3v) is 8.25. The molecule has 3 aromatic carbocycles. The molecule has 1 saturated heterocycles. The van der Waals surface area contributed by atoms with Crippen LogP contribution in [0.3, 0.4) is 0 Å². The molecule has 0 bridgehead atoms. The molecule has 2 heterocycles. The van der Waals surface area contributed by atoms with E-state index in [-0.39, 0.29) is 10.8 Å². The predicted molar refractivity (Wildman–Crippen MR) is 128 cm³/mol. The predicted octanol–water partition coefficient (Wildman–Crippen LogP) is 4.86. The third-order valence-electron chi connectivity index (χ3n) is 6.31. The number of halogens is 1. The number of aromatic nitrogens is 2. The third kappa shape index (κ3) is 4.56. The lowest BCUT2D eigenvalue weighted by atomic mass is 9.98. The molecule has 0 radical (unpaired) electrons. The van der Waals surface area contributed by atoms with E-state index in [2.05, 4.69) is 4.57 Å². The second-order valence-electron chi connectivity index (χ2n) is 8.51. The van der Waals surface area contributed by atoms with Gasteiger partial charge in [-0.1, -0.05) is 42.5 Å². The van der Waals surface area contributed by atoms with Crippen molar-refractivity contribution in [1.29, 1.82) is 0 Å². The maximum atomic E-state index is 14.1. The van der Waals surface area contributed by atoms with E-state index in [4.69, 9.17) is 9.72 Å². The summed E-state index contributed by atoms with van der Waals surface area (Å²) in [5.74, 6) is 1.19. The van der Waals surface area contributed by atoms with Crippen LogP contribution in [0.1, 0.15) is 18.7 Å². The number of nitrogens with zero attached hydrogens (tertiary/aromatic N) is 3. The number of hydrogen-bond acceptors (Lipinski definition) is 4. The number of ether oxygens (including phenoxy) is 1. The quantitative estimate of drug-likeness (QED) is 0.380. The van der Waals surface area contributed by atoms with E-state index in [1.807, 2.05) is 54.6 Å². The van der Waals surface area contributed by atoms with Crippen molar-refractivity contribution in [2.24, 2.45) is 5.92 Å². The normalized spacial score (nSPS) is 15.6. The first kappa shape index (κ1) is 22.6. The zero-order valence-electron chi connectivity index (χ0n) is 18.7. The van der Waals surface area contributed by atoms with Crippen molar-refractivity contribution >= 4 is 21.1 Å². The van der Waals surface area contributed by atoms with Crippen molar-refractivity contribution in [2.75, 3.05) is 13.1 Å². The second-order valence-corrected chi connectivity index (χ2v) is 10.4. The van der Waals surface area contributed by atoms with Gasteiger partial charge in [-0.05, 0) is 55.2 Å². The van der Waals surface area contributed by atoms with Crippen molar-refractivity contribution in [3.8, 4) is 5.75 Å². The van der Waals surface area contributed by atoms with Crippen molar-refractivity contribution in [3.05, 3.63) is 90.5 Å². The Labute approximate surface area is 198 Å². The summed E-state index contributed by atoms with van der Waals surface area (Å²) in [4.78, 5) is 4.53. The summed E-state index contributed by atoms with van der Waals surface area (Å²) >= 11 is 0. The number of sulfonamides is 1. The molecular weight excluding hydrogens is 453 g/mol. The molecule has 1 fully saturated rings. The van der Waals surface area contributed by atoms with E-state index < -0.39 is 15.8 Å². The van der Waals surface area contributed by atoms with E-state index in [0.29, 0.717) is 32.5 Å². The molecule has 1 aliphatic rings. The number of rotatable bonds is 7. The molecule has 8 heteroatoms. The molecule has 0 aliphatic carbocycles. The van der Waals surface area contributed by atoms with E-state index in [1.165, 1.54) is 22.5 Å². The van der Waals surface area contributed by atoms with Gasteiger partial charge in [-0.2, -0.15) is 4.31 Å². The van der Waals surface area contributed by atoms with Crippen LogP contribution in [-0.2, 0) is 23.2 Å². The van der Waals surface area contributed by atoms with Crippen molar-refractivity contribution in [3.63, 3.8) is 0 Å². The Hall–Kier alpha value is -3.23. The number of imidazole rings is 1. The fourth-order valence-electron chi connectivity index (χ4n) is 4.49. The molecule has 5 rings (SSSR count). The molecule has 0 N–H and O–H groups in total. The van der Waals surface area contributed by atoms with Crippen molar-refractivity contribution in [2.45, 2.75) is 30.9 Å². The summed E-state index contributed by atoms with van der Waals surface area (Å²) in [6, 6.07) is 23.2. The molecule has 34 heavy (non-hydrogen) atoms. The zero-order chi connectivity index (χ0) is 23.5. The van der Waals surface area contributed by atoms with Crippen LogP contribution in [0.5, 0.6) is 5.75 Å². The highest BCUT2D eigenvalue weighted by Gasteiger charge is 2.31. The Morgan fingerprint density at radius 3 is 2.35 bits per heavy atom. The van der Waals surface area contributed by atoms with Gasteiger partial charge in [0.1, 0.15) is 28.9 Å². The summed E-state index contributed by atoms with van der Waals surface area (Å²) in [7, 11) is -3.84. The first-order valence-electron chi connectivity index (χ1n) is 11.4. The topological polar surface area (TPSA) is 64.4 Å². The second kappa shape index (κ2) is 9.56. The van der Waals surface area contributed by atoms with Gasteiger partial charge in [0.15, 0.2) is 0 Å². The lowest BCUT2D eigenvalue weighted by molar-refractivity contribution is 0.244. The van der Waals surface area contributed by atoms with E-state index in [1.54, 1.807) is 6.07 Å². The smallest absolute Gasteiger partial charge is 0.245 e. The van der Waals surface area contributed by atoms with Gasteiger partial charge in [0.05, 0.1) is 11.0 Å². The largest absolute Gasteiger partial charge is 0.486 e. The Morgan fingerprint density at radius 2 is 1.59 bits per heavy atom. The summed E-state index contributed by atoms with van der Waals surface area (Å²) in [6.45, 7) is 1.80. The van der Waals surface area contributed by atoms with Gasteiger partial charge in [0, 0.05) is 19.6 Å². The molecule has 6 nitrogen and oxygen atoms in total. The van der Waals surface area contributed by atoms with Crippen LogP contribution in [0.25, 0.3) is 11.0 Å². The van der Waals surface area contributed by atoms with Gasteiger partial charge < -0.3 is 9.30 Å². The molecule has 1 aromatic heterocycles. The summed E-state index contributed by atoms with van der Waals surface area (Å²) in [6.07, 6.45) is 1.39. The Balaban J connectivity index is 1.31. The van der Waals surface area contributed by atoms with Gasteiger partial charge in [-0.15, -0.1) is 0 Å². The van der Waals surface area contributed by atoms with Crippen LogP contribution in [0, 0.1) is 11.7 Å². The van der Waals surface area contributed by atoms with Gasteiger partial charge in [0.2, 0.25) is 10.0 Å². The minimum absolute atomic E-state index is 0.255. The van der Waals surface area contributed by atoms with Crippen LogP contribution in [0.15, 0.2) is 83.8 Å². The molecule has 0 spiro atoms. The number of hydrogen-bond donors (Lipinski definition) is 0. The Morgan fingerprint density at radius 1 is 0.912 bits per heavy atom. The zero-order valence-corrected chi connectivity index (χ0v) is 19.5. The standard InChI is InChI=1S/C26H26FN3O3S/c27-22-10-4-7-13-25(22)34(31,32)29-16-14-20(15-17-29)18-30-24-12-6-5-11-23(24)28-26(30)19-33-21-8-2-1-3-9-21/h1-13,20H,14-19H2. The number of piperidine rings is 1. The highest BCUT2D eigenvalue weighted by atomic mass is 32.2. The monoisotopic (exact) mass is 479 g/mol. The lowest BCUT2D eigenvalue weighted by Crippen LogP contribution is -2.39. The van der Waals surface area contributed by atoms with Gasteiger partial charge in [-0.25, -0.2) is 17.8 Å². The fraction of sp³-hybridized carbons (Fsp3) is 0.269. The van der Waals surface area contributed by atoms with Gasteiger partial charge in [-0.3, -0.25) is 0 Å². The Bertz CT molecular complexity index is 1380. The van der Waals surface area contributed by atoms with Gasteiger partial charge >= 0.3 is 0 Å². The minimum atomic E-state index is -3.84. The molecule has 0 amide bonds. The summed E-state index contributed by atoms with van der Waals surface area (Å²) in [5, 5.41) is 0. The summed E-state index contributed by atoms with van der Waals surface area (Å²) in [5.41, 5.74) is 1.95. The van der Waals surface area contributed by atoms with E-state index in [9.17, 15) is 12.8 Å². The van der Waals surface area contributed by atoms with Crippen LogP contribution >= 0.6 is 0 Å². The van der Waals surface area contributed by atoms with Crippen molar-refractivity contribution in [1.82, 2.24) is 13.9 Å². The maximum Gasteiger partial charge on any atom is 0.245 e. The van der Waals surface area contributed by atoms with Gasteiger partial charge in [0.25, 0.3) is 0 Å². The highest BCUT2D eigenvalue weighted by molar-refractivity contribution is 7.89. The fourth-order valence-corrected chi connectivity index (χ4v) is 6.02. The molecule has 4 aromatic rings. The van der Waals surface area contributed by atoms with Crippen molar-refractivity contribution < 1.29 is 17.5 Å². The average Bonchev–Trinajstić information content (AvgIpc) is 3.21. The molecular formula is C26H26FN3O3S. The van der Waals surface area contributed by atoms with Crippen LogP contribution in [-0.4, -0.2) is 35.4 Å². The number of fused-ring (bicyclic) bond motifs is 1. The lowest BCUT2D eigenvalue weighted by Gasteiger charge is -2.31. The van der Waals surface area contributed by atoms with E-state index >= 15 is 0 Å². The van der Waals surface area contributed by atoms with E-state index in [0.717, 1.165) is 29.2 Å². The minimum Gasteiger partial charge on any atom is -0.486 e. The van der Waals surface area contributed by atoms with Crippen LogP contribution in [0.2, 0.25) is 0 Å². The Kier molecular flexibility index (Phi) is 6.34. The molecule has 0 unspecified atom stereocenters. The first-order valence-corrected chi connectivity index (χ1v) is 12.8. The van der Waals surface area contributed by atoms with Crippen LogP contribution < -0.4 is 4.74 Å². The average molecular weight is 480 g/mol. The molecule has 0 saturated carbocycles. The molecule has 0 atom stereocenters. The molecule has 1 aliphatic heterocycles. The molecule has 176 valence electrons. The maximum absolute atomic E-state index is 14.1.